The molecule has 6 heteroatoms. The first-order chi connectivity index (χ1) is 12.5. The molecule has 1 aromatic carbocycles. The van der Waals surface area contributed by atoms with E-state index in [1.807, 2.05) is 42.8 Å². The minimum Gasteiger partial charge on any atom is -0.381 e. The number of hydrogen-bond acceptors (Lipinski definition) is 3. The van der Waals surface area contributed by atoms with E-state index in [9.17, 15) is 4.79 Å². The summed E-state index contributed by atoms with van der Waals surface area (Å²) >= 11 is 6.23. The van der Waals surface area contributed by atoms with Crippen LogP contribution in [0.5, 0.6) is 0 Å². The van der Waals surface area contributed by atoms with Crippen LogP contribution in [0.3, 0.4) is 0 Å². The Balaban J connectivity index is 1.92. The van der Waals surface area contributed by atoms with Gasteiger partial charge in [-0.25, -0.2) is 0 Å². The number of hydrogen-bond donors (Lipinski definition) is 1. The van der Waals surface area contributed by atoms with E-state index in [0.29, 0.717) is 30.3 Å². The van der Waals surface area contributed by atoms with Crippen LogP contribution in [0, 0.1) is 13.8 Å². The number of unbranched alkanes of at least 4 members (excludes halogenated alkanes) is 1. The molecule has 0 aliphatic rings. The number of carbonyl (C=O) groups excluding carboxylic acids is 1. The summed E-state index contributed by atoms with van der Waals surface area (Å²) in [6.07, 6.45) is 3.02. The average molecular weight is 378 g/mol. The molecule has 1 aromatic heterocycles. The second-order valence-electron chi connectivity index (χ2n) is 6.37. The molecule has 26 heavy (non-hydrogen) atoms. The Morgan fingerprint density at radius 1 is 1.23 bits per heavy atom. The zero-order chi connectivity index (χ0) is 18.9. The molecule has 0 aliphatic heterocycles. The van der Waals surface area contributed by atoms with Gasteiger partial charge in [0, 0.05) is 30.5 Å². The Hall–Kier alpha value is -1.85. The maximum Gasteiger partial charge on any atom is 0.255 e. The van der Waals surface area contributed by atoms with Crippen LogP contribution >= 0.6 is 11.6 Å². The van der Waals surface area contributed by atoms with E-state index in [4.69, 9.17) is 16.3 Å². The van der Waals surface area contributed by atoms with Crippen LogP contribution in [0.1, 0.15) is 53.5 Å². The highest BCUT2D eigenvalue weighted by atomic mass is 35.5. The summed E-state index contributed by atoms with van der Waals surface area (Å²) in [5.74, 6) is -0.0843. The van der Waals surface area contributed by atoms with E-state index < -0.39 is 0 Å². The zero-order valence-corrected chi connectivity index (χ0v) is 16.6. The van der Waals surface area contributed by atoms with Gasteiger partial charge >= 0.3 is 0 Å². The molecule has 0 saturated carbocycles. The smallest absolute Gasteiger partial charge is 0.255 e. The number of aromatic nitrogens is 2. The van der Waals surface area contributed by atoms with Gasteiger partial charge in [-0.15, -0.1) is 0 Å². The SMILES string of the molecule is CCCCOCCCNC(=O)c1c(C)nn(Cc2ccccc2Cl)c1C. The number of halogens is 1. The van der Waals surface area contributed by atoms with E-state index in [1.54, 1.807) is 0 Å². The van der Waals surface area contributed by atoms with Crippen LogP contribution in [0.4, 0.5) is 0 Å². The zero-order valence-electron chi connectivity index (χ0n) is 15.8. The van der Waals surface area contributed by atoms with Crippen molar-refractivity contribution >= 4 is 17.5 Å². The molecular weight excluding hydrogens is 350 g/mol. The van der Waals surface area contributed by atoms with Crippen LogP contribution in [0.15, 0.2) is 24.3 Å². The van der Waals surface area contributed by atoms with E-state index in [-0.39, 0.29) is 5.91 Å². The molecule has 0 spiro atoms. The molecule has 0 unspecified atom stereocenters. The van der Waals surface area contributed by atoms with Gasteiger partial charge in [0.2, 0.25) is 0 Å². The number of rotatable bonds is 10. The van der Waals surface area contributed by atoms with Crippen molar-refractivity contribution in [2.45, 2.75) is 46.6 Å². The van der Waals surface area contributed by atoms with Gasteiger partial charge in [0.25, 0.3) is 5.91 Å². The van der Waals surface area contributed by atoms with Gasteiger partial charge in [0.05, 0.1) is 17.8 Å². The van der Waals surface area contributed by atoms with Crippen molar-refractivity contribution in [1.82, 2.24) is 15.1 Å². The number of aryl methyl sites for hydroxylation is 1. The van der Waals surface area contributed by atoms with Crippen LogP contribution < -0.4 is 5.32 Å². The monoisotopic (exact) mass is 377 g/mol. The van der Waals surface area contributed by atoms with Crippen molar-refractivity contribution in [2.75, 3.05) is 19.8 Å². The molecule has 1 heterocycles. The van der Waals surface area contributed by atoms with E-state index in [1.165, 1.54) is 0 Å². The number of carbonyl (C=O) groups is 1. The molecule has 0 radical (unpaired) electrons. The molecule has 1 N–H and O–H groups in total. The summed E-state index contributed by atoms with van der Waals surface area (Å²) in [4.78, 5) is 12.5. The van der Waals surface area contributed by atoms with Gasteiger partial charge < -0.3 is 10.1 Å². The maximum atomic E-state index is 12.5. The van der Waals surface area contributed by atoms with Gasteiger partial charge in [-0.3, -0.25) is 9.48 Å². The normalized spacial score (nSPS) is 10.9. The second-order valence-corrected chi connectivity index (χ2v) is 6.78. The van der Waals surface area contributed by atoms with Crippen molar-refractivity contribution < 1.29 is 9.53 Å². The number of ether oxygens (including phenoxy) is 1. The summed E-state index contributed by atoms with van der Waals surface area (Å²) in [6.45, 7) is 8.52. The fourth-order valence-corrected chi connectivity index (χ4v) is 2.98. The third-order valence-corrected chi connectivity index (χ3v) is 4.65. The third kappa shape index (κ3) is 5.58. The summed E-state index contributed by atoms with van der Waals surface area (Å²) < 4.78 is 7.34. The minimum absolute atomic E-state index is 0.0843. The molecule has 1 amide bonds. The lowest BCUT2D eigenvalue weighted by atomic mass is 10.1. The molecule has 0 atom stereocenters. The Bertz CT molecular complexity index is 728. The van der Waals surface area contributed by atoms with Crippen molar-refractivity contribution in [1.29, 1.82) is 0 Å². The summed E-state index contributed by atoms with van der Waals surface area (Å²) in [6, 6.07) is 7.68. The van der Waals surface area contributed by atoms with Crippen LogP contribution in [0.25, 0.3) is 0 Å². The molecule has 0 fully saturated rings. The first-order valence-corrected chi connectivity index (χ1v) is 9.55. The fourth-order valence-electron chi connectivity index (χ4n) is 2.78. The molecule has 0 bridgehead atoms. The number of amides is 1. The molecule has 142 valence electrons. The Kier molecular flexibility index (Phi) is 8.13. The largest absolute Gasteiger partial charge is 0.381 e. The van der Waals surface area contributed by atoms with E-state index in [0.717, 1.165) is 42.8 Å². The van der Waals surface area contributed by atoms with Crippen LogP contribution in [-0.4, -0.2) is 35.4 Å². The quantitative estimate of drug-likeness (QED) is 0.633. The van der Waals surface area contributed by atoms with Crippen LogP contribution in [0.2, 0.25) is 5.02 Å². The van der Waals surface area contributed by atoms with Gasteiger partial charge in [-0.2, -0.15) is 5.10 Å². The Morgan fingerprint density at radius 2 is 1.96 bits per heavy atom. The second kappa shape index (κ2) is 10.3. The first-order valence-electron chi connectivity index (χ1n) is 9.18. The molecular formula is C20H28ClN3O2. The van der Waals surface area contributed by atoms with Gasteiger partial charge in [0.1, 0.15) is 0 Å². The summed E-state index contributed by atoms with van der Waals surface area (Å²) in [5.41, 5.74) is 3.20. The summed E-state index contributed by atoms with van der Waals surface area (Å²) in [7, 11) is 0. The van der Waals surface area contributed by atoms with Crippen molar-refractivity contribution in [3.63, 3.8) is 0 Å². The van der Waals surface area contributed by atoms with Gasteiger partial charge in [0.15, 0.2) is 0 Å². The average Bonchev–Trinajstić information content (AvgIpc) is 2.89. The Morgan fingerprint density at radius 3 is 2.69 bits per heavy atom. The highest BCUT2D eigenvalue weighted by Crippen LogP contribution is 2.19. The highest BCUT2D eigenvalue weighted by molar-refractivity contribution is 6.31. The van der Waals surface area contributed by atoms with E-state index >= 15 is 0 Å². The standard InChI is InChI=1S/C20H28ClN3O2/c1-4-5-12-26-13-8-11-22-20(25)19-15(2)23-24(16(19)3)14-17-9-6-7-10-18(17)21/h6-7,9-10H,4-5,8,11-14H2,1-3H3,(H,22,25). The lowest BCUT2D eigenvalue weighted by Crippen LogP contribution is -2.26. The predicted molar refractivity (Wildman–Crippen MR) is 105 cm³/mol. The van der Waals surface area contributed by atoms with Crippen LogP contribution in [-0.2, 0) is 11.3 Å². The first kappa shape index (κ1) is 20.5. The molecule has 5 nitrogen and oxygen atoms in total. The number of benzene rings is 1. The minimum atomic E-state index is -0.0843. The molecule has 0 aliphatic carbocycles. The topological polar surface area (TPSA) is 56.1 Å². The molecule has 0 saturated heterocycles. The maximum absolute atomic E-state index is 12.5. The van der Waals surface area contributed by atoms with Crippen molar-refractivity contribution in [3.05, 3.63) is 51.8 Å². The van der Waals surface area contributed by atoms with Gasteiger partial charge in [-0.05, 0) is 38.3 Å². The predicted octanol–water partition coefficient (Wildman–Crippen LogP) is 4.14. The third-order valence-electron chi connectivity index (χ3n) is 4.28. The molecule has 2 aromatic rings. The highest BCUT2D eigenvalue weighted by Gasteiger charge is 2.18. The lowest BCUT2D eigenvalue weighted by Gasteiger charge is -2.08. The van der Waals surface area contributed by atoms with Crippen molar-refractivity contribution in [2.24, 2.45) is 0 Å². The van der Waals surface area contributed by atoms with E-state index in [2.05, 4.69) is 17.3 Å². The number of nitrogens with one attached hydrogen (secondary N) is 1. The lowest BCUT2D eigenvalue weighted by molar-refractivity contribution is 0.0939. The molecule has 2 rings (SSSR count). The van der Waals surface area contributed by atoms with Crippen molar-refractivity contribution in [3.8, 4) is 0 Å². The summed E-state index contributed by atoms with van der Waals surface area (Å²) in [5, 5.41) is 8.18. The Labute approximate surface area is 160 Å². The number of nitrogens with zero attached hydrogens (tertiary/aromatic N) is 2. The van der Waals surface area contributed by atoms with Gasteiger partial charge in [-0.1, -0.05) is 43.1 Å². The fraction of sp³-hybridized carbons (Fsp3) is 0.500.